The fraction of sp³-hybridized carbons (Fsp3) is 0.174. The van der Waals surface area contributed by atoms with Crippen molar-refractivity contribution in [3.8, 4) is 11.5 Å². The van der Waals surface area contributed by atoms with Gasteiger partial charge in [0.25, 0.3) is 5.91 Å². The number of amides is 1. The summed E-state index contributed by atoms with van der Waals surface area (Å²) in [6.07, 6.45) is 0. The second-order valence-corrected chi connectivity index (χ2v) is 8.46. The van der Waals surface area contributed by atoms with Crippen LogP contribution in [-0.2, 0) is 23.1 Å². The van der Waals surface area contributed by atoms with Gasteiger partial charge in [-0.1, -0.05) is 30.3 Å². The van der Waals surface area contributed by atoms with Crippen molar-refractivity contribution < 1.29 is 22.7 Å². The Morgan fingerprint density at radius 1 is 0.839 bits per heavy atom. The summed E-state index contributed by atoms with van der Waals surface area (Å²) in [5.41, 5.74) is 2.10. The maximum Gasteiger partial charge on any atom is 0.251 e. The molecule has 0 aliphatic heterocycles. The van der Waals surface area contributed by atoms with Gasteiger partial charge in [0.1, 0.15) is 11.5 Å². The number of benzene rings is 3. The molecule has 1 amide bonds. The highest BCUT2D eigenvalue weighted by atomic mass is 32.2. The van der Waals surface area contributed by atoms with Crippen molar-refractivity contribution in [2.45, 2.75) is 18.0 Å². The Hall–Kier alpha value is -3.36. The van der Waals surface area contributed by atoms with E-state index in [4.69, 9.17) is 9.47 Å². The van der Waals surface area contributed by atoms with E-state index in [1.165, 1.54) is 19.2 Å². The van der Waals surface area contributed by atoms with Crippen LogP contribution in [-0.4, -0.2) is 28.5 Å². The van der Waals surface area contributed by atoms with Crippen molar-refractivity contribution in [3.63, 3.8) is 0 Å². The van der Waals surface area contributed by atoms with Crippen LogP contribution in [0.1, 0.15) is 21.5 Å². The number of methoxy groups -OCH3 is 2. The summed E-state index contributed by atoms with van der Waals surface area (Å²) in [4.78, 5) is 12.6. The van der Waals surface area contributed by atoms with Crippen LogP contribution in [0.2, 0.25) is 0 Å². The number of para-hydroxylation sites is 1. The minimum absolute atomic E-state index is 0.109. The maximum absolute atomic E-state index is 12.4. The van der Waals surface area contributed by atoms with Crippen molar-refractivity contribution in [1.82, 2.24) is 10.0 Å². The zero-order valence-electron chi connectivity index (χ0n) is 17.3. The van der Waals surface area contributed by atoms with Gasteiger partial charge in [-0.3, -0.25) is 4.79 Å². The second-order valence-electron chi connectivity index (χ2n) is 6.69. The molecule has 162 valence electrons. The highest BCUT2D eigenvalue weighted by Gasteiger charge is 2.14. The predicted molar refractivity (Wildman–Crippen MR) is 118 cm³/mol. The van der Waals surface area contributed by atoms with Crippen LogP contribution in [0.5, 0.6) is 11.5 Å². The van der Waals surface area contributed by atoms with Gasteiger partial charge in [-0.15, -0.1) is 0 Å². The number of rotatable bonds is 9. The lowest BCUT2D eigenvalue weighted by Crippen LogP contribution is -2.24. The van der Waals surface area contributed by atoms with Crippen molar-refractivity contribution >= 4 is 15.9 Å². The summed E-state index contributed by atoms with van der Waals surface area (Å²) in [6, 6.07) is 20.4. The van der Waals surface area contributed by atoms with E-state index in [0.717, 1.165) is 11.1 Å². The quantitative estimate of drug-likeness (QED) is 0.533. The summed E-state index contributed by atoms with van der Waals surface area (Å²) in [5.74, 6) is 1.07. The van der Waals surface area contributed by atoms with Crippen LogP contribution >= 0.6 is 0 Å². The van der Waals surface area contributed by atoms with Crippen LogP contribution in [0, 0.1) is 0 Å². The van der Waals surface area contributed by atoms with Crippen molar-refractivity contribution in [3.05, 3.63) is 89.5 Å². The van der Waals surface area contributed by atoms with Crippen LogP contribution in [0.3, 0.4) is 0 Å². The number of nitrogens with one attached hydrogen (secondary N) is 2. The molecule has 31 heavy (non-hydrogen) atoms. The lowest BCUT2D eigenvalue weighted by Gasteiger charge is -2.10. The van der Waals surface area contributed by atoms with Gasteiger partial charge in [0.15, 0.2) is 0 Å². The van der Waals surface area contributed by atoms with Gasteiger partial charge < -0.3 is 14.8 Å². The number of ether oxygens (including phenoxy) is 2. The number of carbonyl (C=O) groups excluding carboxylic acids is 1. The predicted octanol–water partition coefficient (Wildman–Crippen LogP) is 3.11. The van der Waals surface area contributed by atoms with Gasteiger partial charge in [0, 0.05) is 24.2 Å². The molecule has 0 radical (unpaired) electrons. The Bertz CT molecular complexity index is 1130. The fourth-order valence-electron chi connectivity index (χ4n) is 2.92. The highest BCUT2D eigenvalue weighted by Crippen LogP contribution is 2.17. The van der Waals surface area contributed by atoms with Crippen LogP contribution in [0.25, 0.3) is 0 Å². The van der Waals surface area contributed by atoms with Crippen molar-refractivity contribution in [2.24, 2.45) is 0 Å². The van der Waals surface area contributed by atoms with Crippen LogP contribution in [0.15, 0.2) is 77.7 Å². The van der Waals surface area contributed by atoms with Crippen molar-refractivity contribution in [2.75, 3.05) is 14.2 Å². The molecule has 3 aromatic carbocycles. The number of carbonyl (C=O) groups is 1. The highest BCUT2D eigenvalue weighted by molar-refractivity contribution is 7.89. The molecule has 0 atom stereocenters. The van der Waals surface area contributed by atoms with Crippen LogP contribution < -0.4 is 19.5 Å². The molecule has 0 bridgehead atoms. The molecular weight excluding hydrogens is 416 g/mol. The third-order valence-corrected chi connectivity index (χ3v) is 6.10. The Labute approximate surface area is 182 Å². The van der Waals surface area contributed by atoms with Gasteiger partial charge in [-0.2, -0.15) is 0 Å². The maximum atomic E-state index is 12.4. The molecule has 0 aromatic heterocycles. The zero-order valence-corrected chi connectivity index (χ0v) is 18.1. The van der Waals surface area contributed by atoms with Gasteiger partial charge in [0.2, 0.25) is 10.0 Å². The molecule has 0 aliphatic rings. The smallest absolute Gasteiger partial charge is 0.251 e. The van der Waals surface area contributed by atoms with Gasteiger partial charge >= 0.3 is 0 Å². The molecule has 0 aliphatic carbocycles. The summed E-state index contributed by atoms with van der Waals surface area (Å²) < 4.78 is 37.7. The molecule has 0 unspecified atom stereocenters. The van der Waals surface area contributed by atoms with E-state index >= 15 is 0 Å². The lowest BCUT2D eigenvalue weighted by molar-refractivity contribution is 0.0950. The van der Waals surface area contributed by atoms with E-state index in [9.17, 15) is 13.2 Å². The Morgan fingerprint density at radius 2 is 1.52 bits per heavy atom. The van der Waals surface area contributed by atoms with E-state index in [1.807, 2.05) is 24.3 Å². The molecule has 8 heteroatoms. The standard InChI is InChI=1S/C23H24N2O5S/c1-29-20-11-13-21(14-12-20)31(27,28)25-15-17-7-9-18(10-8-17)23(26)24-16-19-5-3-4-6-22(19)30-2/h3-14,25H,15-16H2,1-2H3,(H,24,26). The topological polar surface area (TPSA) is 93.7 Å². The second kappa shape index (κ2) is 10.1. The fourth-order valence-corrected chi connectivity index (χ4v) is 3.93. The monoisotopic (exact) mass is 440 g/mol. The largest absolute Gasteiger partial charge is 0.497 e. The first-order valence-corrected chi connectivity index (χ1v) is 11.0. The summed E-state index contributed by atoms with van der Waals surface area (Å²) in [7, 11) is -0.549. The van der Waals surface area contributed by atoms with Gasteiger partial charge in [0.05, 0.1) is 19.1 Å². The summed E-state index contributed by atoms with van der Waals surface area (Å²) >= 11 is 0. The molecule has 7 nitrogen and oxygen atoms in total. The number of hydrogen-bond acceptors (Lipinski definition) is 5. The third-order valence-electron chi connectivity index (χ3n) is 4.68. The SMILES string of the molecule is COc1ccc(S(=O)(=O)NCc2ccc(C(=O)NCc3ccccc3OC)cc2)cc1. The minimum atomic E-state index is -3.65. The van der Waals surface area contributed by atoms with E-state index in [-0.39, 0.29) is 17.3 Å². The Kier molecular flexibility index (Phi) is 7.28. The van der Waals surface area contributed by atoms with Gasteiger partial charge in [-0.05, 0) is 48.0 Å². The number of hydrogen-bond donors (Lipinski definition) is 2. The molecule has 3 aromatic rings. The molecule has 0 heterocycles. The Morgan fingerprint density at radius 3 is 2.16 bits per heavy atom. The summed E-state index contributed by atoms with van der Waals surface area (Å²) in [6.45, 7) is 0.448. The third kappa shape index (κ3) is 5.84. The Balaban J connectivity index is 1.57. The van der Waals surface area contributed by atoms with E-state index < -0.39 is 10.0 Å². The molecule has 0 fully saturated rings. The summed E-state index contributed by atoms with van der Waals surface area (Å²) in [5, 5.41) is 2.86. The van der Waals surface area contributed by atoms with E-state index in [2.05, 4.69) is 10.0 Å². The normalized spacial score (nSPS) is 11.0. The lowest BCUT2D eigenvalue weighted by atomic mass is 10.1. The van der Waals surface area contributed by atoms with E-state index in [1.54, 1.807) is 43.5 Å². The van der Waals surface area contributed by atoms with E-state index in [0.29, 0.717) is 23.6 Å². The molecule has 2 N–H and O–H groups in total. The molecule has 0 saturated heterocycles. The average molecular weight is 441 g/mol. The molecule has 0 spiro atoms. The van der Waals surface area contributed by atoms with Gasteiger partial charge in [-0.25, -0.2) is 13.1 Å². The first-order chi connectivity index (χ1) is 14.9. The van der Waals surface area contributed by atoms with Crippen molar-refractivity contribution in [1.29, 1.82) is 0 Å². The van der Waals surface area contributed by atoms with Crippen LogP contribution in [0.4, 0.5) is 0 Å². The first-order valence-electron chi connectivity index (χ1n) is 9.55. The average Bonchev–Trinajstić information content (AvgIpc) is 2.81. The molecule has 0 saturated carbocycles. The number of sulfonamides is 1. The first kappa shape index (κ1) is 22.3. The molecular formula is C23H24N2O5S. The minimum Gasteiger partial charge on any atom is -0.497 e. The zero-order chi connectivity index (χ0) is 22.3. The molecule has 3 rings (SSSR count).